The molecule has 0 aliphatic rings. The number of guanidine groups is 1. The van der Waals surface area contributed by atoms with Gasteiger partial charge in [-0.1, -0.05) is 12.1 Å². The van der Waals surface area contributed by atoms with E-state index in [0.29, 0.717) is 32.9 Å². The predicted molar refractivity (Wildman–Crippen MR) is 132 cm³/mol. The van der Waals surface area contributed by atoms with Crippen molar-refractivity contribution in [2.24, 2.45) is 4.99 Å². The fourth-order valence-corrected chi connectivity index (χ4v) is 3.44. The summed E-state index contributed by atoms with van der Waals surface area (Å²) in [6, 6.07) is 6.21. The smallest absolute Gasteiger partial charge is 0.191 e. The van der Waals surface area contributed by atoms with Gasteiger partial charge in [-0.2, -0.15) is 0 Å². The van der Waals surface area contributed by atoms with Gasteiger partial charge in [0.2, 0.25) is 0 Å². The second-order valence-corrected chi connectivity index (χ2v) is 7.74. The normalized spacial score (nSPS) is 11.1. The Hall–Kier alpha value is -1.39. The number of aryl methyl sites for hydroxylation is 3. The van der Waals surface area contributed by atoms with Crippen LogP contribution in [0, 0.1) is 20.8 Å². The summed E-state index contributed by atoms with van der Waals surface area (Å²) in [4.78, 5) is 10.6. The highest BCUT2D eigenvalue weighted by Gasteiger charge is 2.07. The van der Waals surface area contributed by atoms with Crippen LogP contribution in [-0.4, -0.2) is 37.3 Å². The van der Waals surface area contributed by atoms with Crippen molar-refractivity contribution in [2.75, 3.05) is 26.4 Å². The van der Waals surface area contributed by atoms with E-state index in [1.807, 2.05) is 13.8 Å². The maximum absolute atomic E-state index is 5.91. The van der Waals surface area contributed by atoms with Gasteiger partial charge in [-0.15, -0.1) is 35.3 Å². The number of nitrogens with one attached hydrogen (secondary N) is 2. The Labute approximate surface area is 195 Å². The van der Waals surface area contributed by atoms with E-state index in [1.54, 1.807) is 11.3 Å². The molecule has 0 saturated heterocycles. The Kier molecular flexibility index (Phi) is 12.2. The molecule has 1 heterocycles. The highest BCUT2D eigenvalue weighted by Crippen LogP contribution is 2.21. The van der Waals surface area contributed by atoms with Gasteiger partial charge in [-0.05, 0) is 46.2 Å². The predicted octanol–water partition coefficient (Wildman–Crippen LogP) is 4.36. The van der Waals surface area contributed by atoms with E-state index in [9.17, 15) is 0 Å². The van der Waals surface area contributed by atoms with Crippen molar-refractivity contribution in [3.63, 3.8) is 0 Å². The monoisotopic (exact) mass is 532 g/mol. The number of hydrogen-bond donors (Lipinski definition) is 2. The molecule has 2 N–H and O–H groups in total. The summed E-state index contributed by atoms with van der Waals surface area (Å²) in [5, 5.41) is 7.72. The van der Waals surface area contributed by atoms with E-state index in [-0.39, 0.29) is 24.0 Å². The summed E-state index contributed by atoms with van der Waals surface area (Å²) in [5.74, 6) is 1.64. The Morgan fingerprint density at radius 2 is 1.93 bits per heavy atom. The van der Waals surface area contributed by atoms with Crippen LogP contribution in [0.3, 0.4) is 0 Å². The molecule has 8 heteroatoms. The molecular weight excluding hydrogens is 499 g/mol. The van der Waals surface area contributed by atoms with Crippen LogP contribution in [0.5, 0.6) is 5.75 Å². The van der Waals surface area contributed by atoms with Crippen LogP contribution in [-0.2, 0) is 17.8 Å². The third-order valence-corrected chi connectivity index (χ3v) is 5.22. The lowest BCUT2D eigenvalue weighted by atomic mass is 10.1. The van der Waals surface area contributed by atoms with E-state index in [0.717, 1.165) is 34.5 Å². The minimum absolute atomic E-state index is 0. The van der Waals surface area contributed by atoms with Gasteiger partial charge in [-0.3, -0.25) is 0 Å². The number of hydrogen-bond acceptors (Lipinski definition) is 5. The fourth-order valence-electron chi connectivity index (χ4n) is 2.56. The van der Waals surface area contributed by atoms with Gasteiger partial charge in [0, 0.05) is 23.6 Å². The van der Waals surface area contributed by atoms with Gasteiger partial charge in [0.1, 0.15) is 17.4 Å². The van der Waals surface area contributed by atoms with Crippen LogP contribution >= 0.6 is 35.3 Å². The SMILES string of the molecule is CCNC(=NCc1ccc(C)cc1OCCOCC)NCc1nc(C)c(C)s1.I. The minimum atomic E-state index is 0. The first-order valence-corrected chi connectivity index (χ1v) is 10.6. The molecule has 29 heavy (non-hydrogen) atoms. The molecule has 0 radical (unpaired) electrons. The topological polar surface area (TPSA) is 67.8 Å². The molecule has 0 atom stereocenters. The summed E-state index contributed by atoms with van der Waals surface area (Å²) < 4.78 is 11.3. The number of aliphatic imine (C=N–C) groups is 1. The molecule has 162 valence electrons. The van der Waals surface area contributed by atoms with Crippen molar-refractivity contribution < 1.29 is 9.47 Å². The standard InChI is InChI=1S/C21H32N4O2S.HI/c1-6-22-21(24-14-20-25-16(4)17(5)28-20)23-13-18-9-8-15(3)12-19(18)27-11-10-26-7-2;/h8-9,12H,6-7,10-11,13-14H2,1-5H3,(H2,22,23,24);1H. The number of rotatable bonds is 10. The number of nitrogens with zero attached hydrogens (tertiary/aromatic N) is 2. The minimum Gasteiger partial charge on any atom is -0.491 e. The second kappa shape index (κ2) is 13.8. The van der Waals surface area contributed by atoms with E-state index >= 15 is 0 Å². The quantitative estimate of drug-likeness (QED) is 0.206. The molecule has 2 aromatic rings. The van der Waals surface area contributed by atoms with Crippen molar-refractivity contribution in [3.05, 3.63) is 44.9 Å². The van der Waals surface area contributed by atoms with Crippen LogP contribution in [0.2, 0.25) is 0 Å². The molecule has 0 unspecified atom stereocenters. The Morgan fingerprint density at radius 1 is 1.14 bits per heavy atom. The number of aromatic nitrogens is 1. The molecule has 0 amide bonds. The van der Waals surface area contributed by atoms with E-state index in [1.165, 1.54) is 10.4 Å². The number of benzene rings is 1. The van der Waals surface area contributed by atoms with Crippen molar-refractivity contribution in [1.82, 2.24) is 15.6 Å². The van der Waals surface area contributed by atoms with Gasteiger partial charge in [0.15, 0.2) is 5.96 Å². The molecule has 0 bridgehead atoms. The third kappa shape index (κ3) is 8.88. The lowest BCUT2D eigenvalue weighted by Crippen LogP contribution is -2.36. The van der Waals surface area contributed by atoms with Gasteiger partial charge in [0.25, 0.3) is 0 Å². The second-order valence-electron chi connectivity index (χ2n) is 6.45. The average Bonchev–Trinajstić information content (AvgIpc) is 3.00. The van der Waals surface area contributed by atoms with Crippen LogP contribution in [0.15, 0.2) is 23.2 Å². The average molecular weight is 532 g/mol. The maximum Gasteiger partial charge on any atom is 0.191 e. The largest absolute Gasteiger partial charge is 0.491 e. The first kappa shape index (κ1) is 25.6. The van der Waals surface area contributed by atoms with Crippen molar-refractivity contribution in [1.29, 1.82) is 0 Å². The summed E-state index contributed by atoms with van der Waals surface area (Å²) in [7, 11) is 0. The van der Waals surface area contributed by atoms with Crippen molar-refractivity contribution in [2.45, 2.75) is 47.7 Å². The first-order valence-electron chi connectivity index (χ1n) is 9.78. The molecule has 0 saturated carbocycles. The van der Waals surface area contributed by atoms with Crippen LogP contribution in [0.1, 0.15) is 40.6 Å². The zero-order valence-electron chi connectivity index (χ0n) is 18.0. The van der Waals surface area contributed by atoms with Crippen LogP contribution in [0.25, 0.3) is 0 Å². The van der Waals surface area contributed by atoms with Gasteiger partial charge >= 0.3 is 0 Å². The third-order valence-electron chi connectivity index (χ3n) is 4.14. The van der Waals surface area contributed by atoms with Crippen LogP contribution in [0.4, 0.5) is 0 Å². The molecule has 0 fully saturated rings. The number of thiazole rings is 1. The summed E-state index contributed by atoms with van der Waals surface area (Å²) in [6.07, 6.45) is 0. The summed E-state index contributed by atoms with van der Waals surface area (Å²) >= 11 is 1.72. The van der Waals surface area contributed by atoms with E-state index < -0.39 is 0 Å². The first-order chi connectivity index (χ1) is 13.5. The van der Waals surface area contributed by atoms with E-state index in [2.05, 4.69) is 54.6 Å². The van der Waals surface area contributed by atoms with Gasteiger partial charge in [-0.25, -0.2) is 9.98 Å². The summed E-state index contributed by atoms with van der Waals surface area (Å²) in [5.41, 5.74) is 3.32. The molecule has 0 aliphatic carbocycles. The zero-order valence-corrected chi connectivity index (χ0v) is 21.1. The Balaban J connectivity index is 0.00000420. The van der Waals surface area contributed by atoms with Crippen LogP contribution < -0.4 is 15.4 Å². The summed E-state index contributed by atoms with van der Waals surface area (Å²) in [6.45, 7) is 14.1. The fraction of sp³-hybridized carbons (Fsp3) is 0.524. The molecule has 6 nitrogen and oxygen atoms in total. The Morgan fingerprint density at radius 3 is 2.59 bits per heavy atom. The highest BCUT2D eigenvalue weighted by atomic mass is 127. The molecule has 2 rings (SSSR count). The number of ether oxygens (including phenoxy) is 2. The van der Waals surface area contributed by atoms with Gasteiger partial charge in [0.05, 0.1) is 25.4 Å². The lowest BCUT2D eigenvalue weighted by molar-refractivity contribution is 0.110. The van der Waals surface area contributed by atoms with E-state index in [4.69, 9.17) is 14.5 Å². The van der Waals surface area contributed by atoms with Crippen molar-refractivity contribution in [3.8, 4) is 5.75 Å². The molecule has 0 aliphatic heterocycles. The zero-order chi connectivity index (χ0) is 20.4. The molecule has 1 aromatic heterocycles. The maximum atomic E-state index is 5.91. The number of halogens is 1. The highest BCUT2D eigenvalue weighted by molar-refractivity contribution is 14.0. The lowest BCUT2D eigenvalue weighted by Gasteiger charge is -2.13. The Bertz CT molecular complexity index is 761. The molecule has 1 aromatic carbocycles. The molecule has 0 spiro atoms. The van der Waals surface area contributed by atoms with Gasteiger partial charge < -0.3 is 20.1 Å². The van der Waals surface area contributed by atoms with Crippen molar-refractivity contribution >= 4 is 41.3 Å². The molecular formula is C21H33IN4O2S.